The van der Waals surface area contributed by atoms with Gasteiger partial charge in [0.05, 0.1) is 0 Å². The van der Waals surface area contributed by atoms with Crippen LogP contribution in [0.4, 0.5) is 0 Å². The van der Waals surface area contributed by atoms with Gasteiger partial charge < -0.3 is 5.32 Å². The third kappa shape index (κ3) is 3.09. The molecule has 18 heavy (non-hydrogen) atoms. The molecule has 0 aliphatic heterocycles. The first-order chi connectivity index (χ1) is 8.70. The first kappa shape index (κ1) is 13.1. The van der Waals surface area contributed by atoms with E-state index in [0.29, 0.717) is 0 Å². The van der Waals surface area contributed by atoms with E-state index in [4.69, 9.17) is 11.6 Å². The number of hydrogen-bond donors (Lipinski definition) is 1. The summed E-state index contributed by atoms with van der Waals surface area (Å²) in [6.07, 6.45) is 3.69. The highest BCUT2D eigenvalue weighted by Crippen LogP contribution is 2.28. The summed E-state index contributed by atoms with van der Waals surface area (Å²) < 4.78 is 0. The molecule has 0 bridgehead atoms. The third-order valence-corrected chi connectivity index (χ3v) is 3.11. The van der Waals surface area contributed by atoms with Gasteiger partial charge in [-0.05, 0) is 36.7 Å². The van der Waals surface area contributed by atoms with Crippen LogP contribution < -0.4 is 5.32 Å². The Balaban J connectivity index is 2.29. The van der Waals surface area contributed by atoms with E-state index in [0.717, 1.165) is 34.8 Å². The number of nitrogens with one attached hydrogen (secondary N) is 1. The number of benzene rings is 1. The second kappa shape index (κ2) is 5.98. The fourth-order valence-electron chi connectivity index (χ4n) is 1.87. The maximum Gasteiger partial charge on any atom is 0.0488 e. The lowest BCUT2D eigenvalue weighted by atomic mass is 10.0. The molecular weight excluding hydrogens is 244 g/mol. The highest BCUT2D eigenvalue weighted by Gasteiger charge is 2.05. The summed E-state index contributed by atoms with van der Waals surface area (Å²) in [6, 6.07) is 8.28. The molecule has 0 radical (unpaired) electrons. The van der Waals surface area contributed by atoms with Crippen molar-refractivity contribution in [3.63, 3.8) is 0 Å². The van der Waals surface area contributed by atoms with Gasteiger partial charge in [0.2, 0.25) is 0 Å². The van der Waals surface area contributed by atoms with E-state index in [9.17, 15) is 0 Å². The minimum atomic E-state index is 0.776. The van der Waals surface area contributed by atoms with Crippen LogP contribution in [0, 0.1) is 6.92 Å². The summed E-state index contributed by atoms with van der Waals surface area (Å²) in [5, 5.41) is 4.06. The van der Waals surface area contributed by atoms with Crippen molar-refractivity contribution in [2.75, 3.05) is 6.54 Å². The van der Waals surface area contributed by atoms with Crippen molar-refractivity contribution in [2.24, 2.45) is 0 Å². The lowest BCUT2D eigenvalue weighted by Gasteiger charge is -2.08. The summed E-state index contributed by atoms with van der Waals surface area (Å²) in [4.78, 5) is 4.20. The molecule has 1 aromatic carbocycles. The Morgan fingerprint density at radius 3 is 2.72 bits per heavy atom. The van der Waals surface area contributed by atoms with Gasteiger partial charge in [0, 0.05) is 35.1 Å². The number of hydrogen-bond acceptors (Lipinski definition) is 2. The molecule has 1 aromatic heterocycles. The molecule has 0 aliphatic carbocycles. The van der Waals surface area contributed by atoms with E-state index < -0.39 is 0 Å². The molecule has 1 heterocycles. The Hall–Kier alpha value is -1.38. The zero-order valence-corrected chi connectivity index (χ0v) is 11.5. The monoisotopic (exact) mass is 260 g/mol. The molecule has 2 aromatic rings. The molecule has 0 spiro atoms. The van der Waals surface area contributed by atoms with Crippen LogP contribution in [0.2, 0.25) is 5.02 Å². The van der Waals surface area contributed by atoms with E-state index in [1.807, 2.05) is 25.4 Å². The second-order valence-corrected chi connectivity index (χ2v) is 4.75. The summed E-state index contributed by atoms with van der Waals surface area (Å²) >= 11 is 6.34. The number of nitrogens with zero attached hydrogens (tertiary/aromatic N) is 1. The molecule has 3 heteroatoms. The molecule has 0 aliphatic rings. The summed E-state index contributed by atoms with van der Waals surface area (Å²) in [5.41, 5.74) is 4.44. The van der Waals surface area contributed by atoms with Crippen molar-refractivity contribution in [1.82, 2.24) is 10.3 Å². The van der Waals surface area contributed by atoms with Crippen LogP contribution in [0.3, 0.4) is 0 Å². The molecule has 0 fully saturated rings. The zero-order valence-electron chi connectivity index (χ0n) is 10.7. The maximum atomic E-state index is 6.34. The predicted molar refractivity (Wildman–Crippen MR) is 76.8 cm³/mol. The van der Waals surface area contributed by atoms with Gasteiger partial charge in [-0.25, -0.2) is 0 Å². The molecule has 1 N–H and O–H groups in total. The molecule has 0 saturated carbocycles. The van der Waals surface area contributed by atoms with Crippen molar-refractivity contribution < 1.29 is 0 Å². The third-order valence-electron chi connectivity index (χ3n) is 2.80. The fourth-order valence-corrected chi connectivity index (χ4v) is 2.19. The van der Waals surface area contributed by atoms with Gasteiger partial charge in [0.25, 0.3) is 0 Å². The minimum absolute atomic E-state index is 0.776. The highest BCUT2D eigenvalue weighted by atomic mass is 35.5. The van der Waals surface area contributed by atoms with Gasteiger partial charge in [0.15, 0.2) is 0 Å². The first-order valence-corrected chi connectivity index (χ1v) is 6.49. The number of pyridine rings is 1. The molecule has 0 amide bonds. The number of rotatable bonds is 4. The Morgan fingerprint density at radius 1 is 1.22 bits per heavy atom. The summed E-state index contributed by atoms with van der Waals surface area (Å²) in [5.74, 6) is 0. The fraction of sp³-hybridized carbons (Fsp3) is 0.267. The van der Waals surface area contributed by atoms with Crippen molar-refractivity contribution in [3.05, 3.63) is 52.8 Å². The molecule has 0 saturated heterocycles. The quantitative estimate of drug-likeness (QED) is 0.904. The van der Waals surface area contributed by atoms with Crippen molar-refractivity contribution in [3.8, 4) is 11.1 Å². The number of aromatic nitrogens is 1. The van der Waals surface area contributed by atoms with Crippen LogP contribution in [-0.4, -0.2) is 11.5 Å². The van der Waals surface area contributed by atoms with Crippen molar-refractivity contribution in [1.29, 1.82) is 0 Å². The molecule has 0 atom stereocenters. The molecule has 0 unspecified atom stereocenters. The zero-order chi connectivity index (χ0) is 13.0. The number of halogens is 1. The molecule has 2 rings (SSSR count). The van der Waals surface area contributed by atoms with Crippen molar-refractivity contribution >= 4 is 11.6 Å². The van der Waals surface area contributed by atoms with Crippen LogP contribution in [0.15, 0.2) is 36.7 Å². The molecular formula is C15H17ClN2. The summed E-state index contributed by atoms with van der Waals surface area (Å²) in [7, 11) is 0. The Kier molecular flexibility index (Phi) is 4.34. The van der Waals surface area contributed by atoms with Crippen LogP contribution in [-0.2, 0) is 6.54 Å². The normalized spacial score (nSPS) is 10.6. The molecule has 94 valence electrons. The Bertz CT molecular complexity index is 538. The smallest absolute Gasteiger partial charge is 0.0488 e. The van der Waals surface area contributed by atoms with Gasteiger partial charge in [-0.1, -0.05) is 30.7 Å². The minimum Gasteiger partial charge on any atom is -0.313 e. The van der Waals surface area contributed by atoms with E-state index in [2.05, 4.69) is 35.4 Å². The number of aryl methyl sites for hydroxylation is 1. The maximum absolute atomic E-state index is 6.34. The lowest BCUT2D eigenvalue weighted by molar-refractivity contribution is 0.727. The van der Waals surface area contributed by atoms with Gasteiger partial charge in [0.1, 0.15) is 0 Å². The van der Waals surface area contributed by atoms with Crippen LogP contribution in [0.5, 0.6) is 0 Å². The van der Waals surface area contributed by atoms with Crippen molar-refractivity contribution in [2.45, 2.75) is 20.4 Å². The molecule has 2 nitrogen and oxygen atoms in total. The Labute approximate surface area is 113 Å². The topological polar surface area (TPSA) is 24.9 Å². The standard InChI is InChI=1S/C15H17ClN2/c1-3-17-9-12-4-5-14(15(16)7-12)13-6-11(2)8-18-10-13/h4-8,10,17H,3,9H2,1-2H3. The van der Waals surface area contributed by atoms with Crippen LogP contribution in [0.1, 0.15) is 18.1 Å². The van der Waals surface area contributed by atoms with Gasteiger partial charge in [-0.3, -0.25) is 4.98 Å². The van der Waals surface area contributed by atoms with E-state index in [1.54, 1.807) is 0 Å². The Morgan fingerprint density at radius 2 is 2.06 bits per heavy atom. The van der Waals surface area contributed by atoms with Crippen LogP contribution in [0.25, 0.3) is 11.1 Å². The van der Waals surface area contributed by atoms with E-state index in [-0.39, 0.29) is 0 Å². The van der Waals surface area contributed by atoms with Gasteiger partial charge in [-0.15, -0.1) is 0 Å². The SMILES string of the molecule is CCNCc1ccc(-c2cncc(C)c2)c(Cl)c1. The highest BCUT2D eigenvalue weighted by molar-refractivity contribution is 6.33. The van der Waals surface area contributed by atoms with Crippen LogP contribution >= 0.6 is 11.6 Å². The summed E-state index contributed by atoms with van der Waals surface area (Å²) in [6.45, 7) is 5.93. The van der Waals surface area contributed by atoms with E-state index in [1.165, 1.54) is 5.56 Å². The average molecular weight is 261 g/mol. The average Bonchev–Trinajstić information content (AvgIpc) is 2.36. The van der Waals surface area contributed by atoms with E-state index >= 15 is 0 Å². The predicted octanol–water partition coefficient (Wildman–Crippen LogP) is 3.82. The van der Waals surface area contributed by atoms with Gasteiger partial charge in [-0.2, -0.15) is 0 Å². The largest absolute Gasteiger partial charge is 0.313 e. The van der Waals surface area contributed by atoms with Gasteiger partial charge >= 0.3 is 0 Å². The first-order valence-electron chi connectivity index (χ1n) is 6.12. The second-order valence-electron chi connectivity index (χ2n) is 4.35. The lowest BCUT2D eigenvalue weighted by Crippen LogP contribution is -2.11.